The van der Waals surface area contributed by atoms with Crippen molar-refractivity contribution in [2.24, 2.45) is 0 Å². The minimum atomic E-state index is -1.11. The first-order valence-corrected chi connectivity index (χ1v) is 10.1. The Labute approximate surface area is 171 Å². The zero-order valence-electron chi connectivity index (χ0n) is 13.7. The smallest absolute Gasteiger partial charge is 0.409 e. The van der Waals surface area contributed by atoms with Crippen molar-refractivity contribution < 1.29 is 14.7 Å². The number of benzene rings is 2. The summed E-state index contributed by atoms with van der Waals surface area (Å²) in [4.78, 5) is 24.5. The van der Waals surface area contributed by atoms with Gasteiger partial charge in [0.15, 0.2) is 0 Å². The van der Waals surface area contributed by atoms with E-state index in [1.165, 1.54) is 23.1 Å². The van der Waals surface area contributed by atoms with E-state index in [1.807, 2.05) is 24.3 Å². The maximum Gasteiger partial charge on any atom is 0.409 e. The van der Waals surface area contributed by atoms with E-state index in [9.17, 15) is 9.59 Å². The lowest BCUT2D eigenvalue weighted by Crippen LogP contribution is -2.09. The Balaban J connectivity index is 1.70. The van der Waals surface area contributed by atoms with Gasteiger partial charge >= 0.3 is 6.09 Å². The van der Waals surface area contributed by atoms with Gasteiger partial charge in [0.2, 0.25) is 0 Å². The first-order valence-electron chi connectivity index (χ1n) is 7.65. The molecule has 6 nitrogen and oxygen atoms in total. The molecule has 0 saturated carbocycles. The van der Waals surface area contributed by atoms with Gasteiger partial charge in [-0.1, -0.05) is 33.8 Å². The number of carbonyl (C=O) groups is 2. The van der Waals surface area contributed by atoms with Crippen LogP contribution in [-0.4, -0.2) is 17.1 Å². The Morgan fingerprint density at radius 1 is 1.04 bits per heavy atom. The molecule has 0 aliphatic heterocycles. The van der Waals surface area contributed by atoms with Crippen LogP contribution in [0.5, 0.6) is 0 Å². The summed E-state index contributed by atoms with van der Waals surface area (Å²) in [6, 6.07) is 15.9. The van der Waals surface area contributed by atoms with Crippen LogP contribution in [0.1, 0.15) is 9.67 Å². The zero-order valence-corrected chi connectivity index (χ0v) is 17.0. The Kier molecular flexibility index (Phi) is 6.04. The van der Waals surface area contributed by atoms with Crippen LogP contribution < -0.4 is 16.4 Å². The highest BCUT2D eigenvalue weighted by Gasteiger charge is 2.14. The number of rotatable bonds is 5. The molecule has 2 amide bonds. The van der Waals surface area contributed by atoms with Crippen molar-refractivity contribution >= 4 is 68.1 Å². The highest BCUT2D eigenvalue weighted by atomic mass is 79.9. The monoisotopic (exact) mass is 463 g/mol. The largest absolute Gasteiger partial charge is 0.465 e. The molecule has 0 spiro atoms. The first kappa shape index (κ1) is 19.3. The van der Waals surface area contributed by atoms with E-state index in [2.05, 4.69) is 26.6 Å². The van der Waals surface area contributed by atoms with Crippen LogP contribution in [0, 0.1) is 0 Å². The molecule has 1 aromatic heterocycles. The van der Waals surface area contributed by atoms with E-state index in [0.29, 0.717) is 21.9 Å². The van der Waals surface area contributed by atoms with Crippen LogP contribution in [-0.2, 0) is 0 Å². The van der Waals surface area contributed by atoms with Crippen molar-refractivity contribution in [1.82, 2.24) is 0 Å². The fourth-order valence-corrected chi connectivity index (χ4v) is 4.67. The first-order chi connectivity index (χ1) is 12.9. The Morgan fingerprint density at radius 2 is 1.78 bits per heavy atom. The van der Waals surface area contributed by atoms with Crippen molar-refractivity contribution in [1.29, 1.82) is 0 Å². The standard InChI is InChI=1S/C18H14BrN3O3S2/c19-10-2-1-3-12(8-10)21-16(23)15-9-14(20)17(27-15)26-13-6-4-11(5-7-13)22-18(24)25/h1-9,22H,20H2,(H,21,23)(H,24,25). The van der Waals surface area contributed by atoms with E-state index in [-0.39, 0.29) is 5.91 Å². The van der Waals surface area contributed by atoms with Crippen LogP contribution in [0.3, 0.4) is 0 Å². The summed E-state index contributed by atoms with van der Waals surface area (Å²) in [6.07, 6.45) is -1.11. The van der Waals surface area contributed by atoms with Gasteiger partial charge in [0, 0.05) is 20.7 Å². The third-order valence-electron chi connectivity index (χ3n) is 3.35. The predicted molar refractivity (Wildman–Crippen MR) is 113 cm³/mol. The van der Waals surface area contributed by atoms with Crippen LogP contribution in [0.15, 0.2) is 68.2 Å². The zero-order chi connectivity index (χ0) is 19.4. The molecule has 9 heteroatoms. The highest BCUT2D eigenvalue weighted by Crippen LogP contribution is 2.39. The second kappa shape index (κ2) is 8.47. The van der Waals surface area contributed by atoms with Gasteiger partial charge in [0.25, 0.3) is 5.91 Å². The molecule has 0 fully saturated rings. The molecule has 0 bridgehead atoms. The summed E-state index contributed by atoms with van der Waals surface area (Å²) in [5.74, 6) is -0.224. The Bertz CT molecular complexity index is 990. The normalized spacial score (nSPS) is 10.4. The lowest BCUT2D eigenvalue weighted by atomic mass is 10.3. The van der Waals surface area contributed by atoms with Gasteiger partial charge in [-0.15, -0.1) is 11.3 Å². The molecule has 5 N–H and O–H groups in total. The summed E-state index contributed by atoms with van der Waals surface area (Å²) in [7, 11) is 0. The van der Waals surface area contributed by atoms with Crippen molar-refractivity contribution in [2.75, 3.05) is 16.4 Å². The Morgan fingerprint density at radius 3 is 2.44 bits per heavy atom. The van der Waals surface area contributed by atoms with Gasteiger partial charge in [-0.25, -0.2) is 4.79 Å². The van der Waals surface area contributed by atoms with Crippen molar-refractivity contribution in [3.05, 3.63) is 63.9 Å². The fourth-order valence-electron chi connectivity index (χ4n) is 2.18. The highest BCUT2D eigenvalue weighted by molar-refractivity contribution is 9.10. The van der Waals surface area contributed by atoms with Gasteiger partial charge in [0.1, 0.15) is 0 Å². The van der Waals surface area contributed by atoms with Gasteiger partial charge in [-0.2, -0.15) is 0 Å². The molecule has 3 aromatic rings. The summed E-state index contributed by atoms with van der Waals surface area (Å²) >= 11 is 6.09. The number of nitrogens with one attached hydrogen (secondary N) is 2. The third kappa shape index (κ3) is 5.25. The molecule has 27 heavy (non-hydrogen) atoms. The molecule has 0 aliphatic carbocycles. The minimum Gasteiger partial charge on any atom is -0.465 e. The van der Waals surface area contributed by atoms with Gasteiger partial charge in [-0.3, -0.25) is 10.1 Å². The Hall–Kier alpha value is -2.49. The van der Waals surface area contributed by atoms with E-state index in [0.717, 1.165) is 13.6 Å². The number of thiophene rings is 1. The minimum absolute atomic E-state index is 0.224. The summed E-state index contributed by atoms with van der Waals surface area (Å²) in [5.41, 5.74) is 7.76. The van der Waals surface area contributed by atoms with E-state index in [1.54, 1.807) is 30.3 Å². The van der Waals surface area contributed by atoms with Crippen molar-refractivity contribution in [3.63, 3.8) is 0 Å². The molecular weight excluding hydrogens is 450 g/mol. The number of nitrogens with two attached hydrogens (primary N) is 1. The average Bonchev–Trinajstić information content (AvgIpc) is 2.97. The lowest BCUT2D eigenvalue weighted by Gasteiger charge is -2.04. The number of nitrogen functional groups attached to an aromatic ring is 1. The molecule has 0 unspecified atom stereocenters. The lowest BCUT2D eigenvalue weighted by molar-refractivity contribution is 0.103. The number of halogens is 1. The SMILES string of the molecule is Nc1cc(C(=O)Nc2cccc(Br)c2)sc1Sc1ccc(NC(=O)O)cc1. The van der Waals surface area contributed by atoms with Crippen molar-refractivity contribution in [3.8, 4) is 0 Å². The third-order valence-corrected chi connectivity index (χ3v) is 6.21. The van der Waals surface area contributed by atoms with E-state index >= 15 is 0 Å². The summed E-state index contributed by atoms with van der Waals surface area (Å²) < 4.78 is 1.68. The maximum atomic E-state index is 12.4. The quantitative estimate of drug-likeness (QED) is 0.394. The molecule has 0 atom stereocenters. The fraction of sp³-hybridized carbons (Fsp3) is 0. The molecule has 3 rings (SSSR count). The van der Waals surface area contributed by atoms with Gasteiger partial charge < -0.3 is 16.2 Å². The molecule has 1 heterocycles. The average molecular weight is 464 g/mol. The number of hydrogen-bond donors (Lipinski definition) is 4. The van der Waals surface area contributed by atoms with Crippen LogP contribution >= 0.6 is 39.0 Å². The van der Waals surface area contributed by atoms with Crippen LogP contribution in [0.4, 0.5) is 21.9 Å². The number of carbonyl (C=O) groups excluding carboxylic acids is 1. The van der Waals surface area contributed by atoms with Crippen molar-refractivity contribution in [2.45, 2.75) is 9.10 Å². The molecule has 0 saturated heterocycles. The molecule has 0 radical (unpaired) electrons. The molecule has 0 aliphatic rings. The second-order valence-electron chi connectivity index (χ2n) is 5.37. The number of carboxylic acid groups (broad SMARTS) is 1. The number of amides is 2. The molecule has 138 valence electrons. The van der Waals surface area contributed by atoms with Gasteiger partial charge in [0.05, 0.1) is 14.8 Å². The number of hydrogen-bond acceptors (Lipinski definition) is 5. The van der Waals surface area contributed by atoms with Crippen LogP contribution in [0.25, 0.3) is 0 Å². The van der Waals surface area contributed by atoms with Crippen LogP contribution in [0.2, 0.25) is 0 Å². The molecular formula is C18H14BrN3O3S2. The summed E-state index contributed by atoms with van der Waals surface area (Å²) in [6.45, 7) is 0. The summed E-state index contributed by atoms with van der Waals surface area (Å²) in [5, 5.41) is 13.8. The van der Waals surface area contributed by atoms with Gasteiger partial charge in [-0.05, 0) is 48.5 Å². The topological polar surface area (TPSA) is 104 Å². The predicted octanol–water partition coefficient (Wildman–Crippen LogP) is 5.59. The number of anilines is 3. The van der Waals surface area contributed by atoms with E-state index in [4.69, 9.17) is 10.8 Å². The van der Waals surface area contributed by atoms with E-state index < -0.39 is 6.09 Å². The maximum absolute atomic E-state index is 12.4. The second-order valence-corrected chi connectivity index (χ2v) is 8.68. The molecule has 2 aromatic carbocycles.